The van der Waals surface area contributed by atoms with E-state index in [0.717, 1.165) is 12.8 Å². The molecule has 2 amide bonds. The molecule has 0 bridgehead atoms. The van der Waals surface area contributed by atoms with Crippen LogP contribution in [0.25, 0.3) is 0 Å². The molecule has 0 atom stereocenters. The van der Waals surface area contributed by atoms with Gasteiger partial charge in [0.1, 0.15) is 0 Å². The molecular weight excluding hydrogens is 348 g/mol. The van der Waals surface area contributed by atoms with Crippen molar-refractivity contribution in [3.05, 3.63) is 0 Å². The van der Waals surface area contributed by atoms with Crippen molar-refractivity contribution in [1.29, 1.82) is 0 Å². The van der Waals surface area contributed by atoms with Crippen LogP contribution in [0.15, 0.2) is 0 Å². The van der Waals surface area contributed by atoms with Gasteiger partial charge in [0.15, 0.2) is 0 Å². The molecule has 2 N–H and O–H groups in total. The van der Waals surface area contributed by atoms with Gasteiger partial charge in [-0.3, -0.25) is 9.59 Å². The largest absolute Gasteiger partial charge is 0.379 e. The molecule has 0 aliphatic carbocycles. The van der Waals surface area contributed by atoms with Crippen LogP contribution in [0, 0.1) is 11.8 Å². The first kappa shape index (κ1) is 25.8. The van der Waals surface area contributed by atoms with Crippen molar-refractivity contribution in [3.63, 3.8) is 0 Å². The van der Waals surface area contributed by atoms with Gasteiger partial charge in [-0.05, 0) is 24.7 Å². The van der Waals surface area contributed by atoms with E-state index in [1.807, 2.05) is 27.7 Å². The van der Waals surface area contributed by atoms with Gasteiger partial charge in [0, 0.05) is 39.1 Å². The molecule has 0 aromatic rings. The highest BCUT2D eigenvalue weighted by atomic mass is 16.5. The third-order valence-electron chi connectivity index (χ3n) is 3.51. The SMILES string of the molecule is CC(C)CC(=O)NCCCOCCOCCOCCCNC(=O)CC(C)C. The van der Waals surface area contributed by atoms with Gasteiger partial charge in [-0.1, -0.05) is 27.7 Å². The smallest absolute Gasteiger partial charge is 0.220 e. The van der Waals surface area contributed by atoms with Gasteiger partial charge in [0.25, 0.3) is 0 Å². The van der Waals surface area contributed by atoms with E-state index in [9.17, 15) is 9.59 Å². The molecule has 0 rings (SSSR count). The molecule has 0 saturated carbocycles. The Morgan fingerprint density at radius 2 is 0.963 bits per heavy atom. The van der Waals surface area contributed by atoms with Gasteiger partial charge in [-0.25, -0.2) is 0 Å². The van der Waals surface area contributed by atoms with Crippen LogP contribution in [0.3, 0.4) is 0 Å². The molecule has 0 aromatic carbocycles. The molecule has 0 heterocycles. The summed E-state index contributed by atoms with van der Waals surface area (Å²) in [6.45, 7) is 12.8. The normalized spacial score (nSPS) is 11.2. The Labute approximate surface area is 164 Å². The molecule has 0 saturated heterocycles. The van der Waals surface area contributed by atoms with E-state index < -0.39 is 0 Å². The summed E-state index contributed by atoms with van der Waals surface area (Å²) in [5.41, 5.74) is 0. The number of ether oxygens (including phenoxy) is 3. The van der Waals surface area contributed by atoms with Crippen molar-refractivity contribution in [2.75, 3.05) is 52.7 Å². The van der Waals surface area contributed by atoms with Crippen molar-refractivity contribution in [2.24, 2.45) is 11.8 Å². The van der Waals surface area contributed by atoms with E-state index in [2.05, 4.69) is 10.6 Å². The van der Waals surface area contributed by atoms with Gasteiger partial charge in [-0.2, -0.15) is 0 Å². The maximum atomic E-state index is 11.4. The van der Waals surface area contributed by atoms with Crippen molar-refractivity contribution < 1.29 is 23.8 Å². The lowest BCUT2D eigenvalue weighted by Crippen LogP contribution is -2.26. The van der Waals surface area contributed by atoms with E-state index in [4.69, 9.17) is 14.2 Å². The van der Waals surface area contributed by atoms with Crippen LogP contribution >= 0.6 is 0 Å². The zero-order valence-electron chi connectivity index (χ0n) is 17.7. The van der Waals surface area contributed by atoms with E-state index in [1.54, 1.807) is 0 Å². The maximum Gasteiger partial charge on any atom is 0.220 e. The zero-order valence-corrected chi connectivity index (χ0v) is 17.7. The third kappa shape index (κ3) is 21.0. The topological polar surface area (TPSA) is 85.9 Å². The second-order valence-corrected chi connectivity index (χ2v) is 7.44. The number of hydrogen-bond donors (Lipinski definition) is 2. The Morgan fingerprint density at radius 3 is 1.30 bits per heavy atom. The van der Waals surface area contributed by atoms with Crippen LogP contribution in [0.4, 0.5) is 0 Å². The molecule has 0 unspecified atom stereocenters. The van der Waals surface area contributed by atoms with Crippen molar-refractivity contribution >= 4 is 11.8 Å². The molecule has 160 valence electrons. The van der Waals surface area contributed by atoms with Crippen LogP contribution in [-0.2, 0) is 23.8 Å². The first-order valence-corrected chi connectivity index (χ1v) is 10.2. The fraction of sp³-hybridized carbons (Fsp3) is 0.900. The lowest BCUT2D eigenvalue weighted by atomic mass is 10.1. The molecular formula is C20H40N2O5. The first-order chi connectivity index (χ1) is 12.9. The predicted molar refractivity (Wildman–Crippen MR) is 107 cm³/mol. The summed E-state index contributed by atoms with van der Waals surface area (Å²) in [6, 6.07) is 0. The lowest BCUT2D eigenvalue weighted by Gasteiger charge is -2.09. The minimum absolute atomic E-state index is 0.103. The zero-order chi connectivity index (χ0) is 20.3. The molecule has 0 aliphatic heterocycles. The van der Waals surface area contributed by atoms with Crippen LogP contribution in [0.2, 0.25) is 0 Å². The quantitative estimate of drug-likeness (QED) is 0.351. The summed E-state index contributed by atoms with van der Waals surface area (Å²) in [6.07, 6.45) is 2.76. The second kappa shape index (κ2) is 18.2. The molecule has 0 fully saturated rings. The minimum atomic E-state index is 0.103. The van der Waals surface area contributed by atoms with Gasteiger partial charge in [0.2, 0.25) is 11.8 Å². The van der Waals surface area contributed by atoms with Crippen molar-refractivity contribution in [2.45, 2.75) is 53.4 Å². The van der Waals surface area contributed by atoms with E-state index in [0.29, 0.717) is 77.4 Å². The summed E-state index contributed by atoms with van der Waals surface area (Å²) in [5.74, 6) is 0.980. The lowest BCUT2D eigenvalue weighted by molar-refractivity contribution is -0.122. The van der Waals surface area contributed by atoms with E-state index >= 15 is 0 Å². The Hall–Kier alpha value is -1.18. The van der Waals surface area contributed by atoms with Crippen molar-refractivity contribution in [3.8, 4) is 0 Å². The number of nitrogens with one attached hydrogen (secondary N) is 2. The molecule has 7 heteroatoms. The molecule has 27 heavy (non-hydrogen) atoms. The summed E-state index contributed by atoms with van der Waals surface area (Å²) in [5, 5.41) is 5.76. The monoisotopic (exact) mass is 388 g/mol. The Bertz CT molecular complexity index is 341. The Balaban J connectivity index is 3.17. The van der Waals surface area contributed by atoms with Crippen LogP contribution in [0.5, 0.6) is 0 Å². The Kier molecular flexibility index (Phi) is 17.4. The van der Waals surface area contributed by atoms with Gasteiger partial charge in [-0.15, -0.1) is 0 Å². The van der Waals surface area contributed by atoms with E-state index in [1.165, 1.54) is 0 Å². The fourth-order valence-electron chi connectivity index (χ4n) is 2.23. The highest BCUT2D eigenvalue weighted by Gasteiger charge is 2.04. The van der Waals surface area contributed by atoms with E-state index in [-0.39, 0.29) is 11.8 Å². The predicted octanol–water partition coefficient (Wildman–Crippen LogP) is 2.14. The molecule has 0 aromatic heterocycles. The molecule has 0 spiro atoms. The standard InChI is InChI=1S/C20H40N2O5/c1-17(2)15-19(23)21-7-5-9-25-11-13-27-14-12-26-10-6-8-22-20(24)16-18(3)4/h17-18H,5-16H2,1-4H3,(H,21,23)(H,22,24). The highest BCUT2D eigenvalue weighted by Crippen LogP contribution is 1.98. The molecule has 7 nitrogen and oxygen atoms in total. The summed E-state index contributed by atoms with van der Waals surface area (Å²) >= 11 is 0. The minimum Gasteiger partial charge on any atom is -0.379 e. The average Bonchev–Trinajstić information content (AvgIpc) is 2.57. The first-order valence-electron chi connectivity index (χ1n) is 10.2. The second-order valence-electron chi connectivity index (χ2n) is 7.44. The van der Waals surface area contributed by atoms with Crippen LogP contribution in [-0.4, -0.2) is 64.5 Å². The highest BCUT2D eigenvalue weighted by molar-refractivity contribution is 5.76. The fourth-order valence-corrected chi connectivity index (χ4v) is 2.23. The van der Waals surface area contributed by atoms with Gasteiger partial charge in [0.05, 0.1) is 26.4 Å². The van der Waals surface area contributed by atoms with Crippen molar-refractivity contribution in [1.82, 2.24) is 10.6 Å². The summed E-state index contributed by atoms with van der Waals surface area (Å²) < 4.78 is 16.3. The summed E-state index contributed by atoms with van der Waals surface area (Å²) in [7, 11) is 0. The number of amides is 2. The third-order valence-corrected chi connectivity index (χ3v) is 3.51. The number of carbonyl (C=O) groups is 2. The molecule has 0 aliphatic rings. The number of carbonyl (C=O) groups excluding carboxylic acids is 2. The Morgan fingerprint density at radius 1 is 0.630 bits per heavy atom. The molecule has 0 radical (unpaired) electrons. The summed E-state index contributed by atoms with van der Waals surface area (Å²) in [4.78, 5) is 22.9. The van der Waals surface area contributed by atoms with Crippen LogP contribution < -0.4 is 10.6 Å². The number of rotatable bonds is 18. The van der Waals surface area contributed by atoms with Crippen LogP contribution in [0.1, 0.15) is 53.4 Å². The van der Waals surface area contributed by atoms with Gasteiger partial charge < -0.3 is 24.8 Å². The number of hydrogen-bond acceptors (Lipinski definition) is 5. The van der Waals surface area contributed by atoms with Gasteiger partial charge >= 0.3 is 0 Å². The average molecular weight is 389 g/mol. The maximum absolute atomic E-state index is 11.4.